The lowest BCUT2D eigenvalue weighted by molar-refractivity contribution is -0.385. The van der Waals surface area contributed by atoms with Gasteiger partial charge >= 0.3 is 5.97 Å². The lowest BCUT2D eigenvalue weighted by Gasteiger charge is -2.05. The molecular weight excluding hydrogens is 332 g/mol. The fraction of sp³-hybridized carbons (Fsp3) is 0.333. The Morgan fingerprint density at radius 2 is 2.25 bits per heavy atom. The van der Waals surface area contributed by atoms with Crippen LogP contribution in [-0.2, 0) is 16.1 Å². The summed E-state index contributed by atoms with van der Waals surface area (Å²) in [6, 6.07) is 1.14. The van der Waals surface area contributed by atoms with Crippen molar-refractivity contribution in [3.8, 4) is 0 Å². The minimum Gasteiger partial charge on any atom is -0.466 e. The van der Waals surface area contributed by atoms with E-state index in [1.807, 2.05) is 0 Å². The van der Waals surface area contributed by atoms with Crippen LogP contribution in [0.5, 0.6) is 0 Å². The number of ether oxygens (including phenoxy) is 1. The van der Waals surface area contributed by atoms with Crippen molar-refractivity contribution in [2.24, 2.45) is 0 Å². The van der Waals surface area contributed by atoms with Crippen LogP contribution < -0.4 is 5.56 Å². The van der Waals surface area contributed by atoms with Gasteiger partial charge in [-0.3, -0.25) is 14.9 Å². The number of halogens is 1. The van der Waals surface area contributed by atoms with Gasteiger partial charge in [0.2, 0.25) is 0 Å². The van der Waals surface area contributed by atoms with Crippen LogP contribution in [-0.4, -0.2) is 22.6 Å². The van der Waals surface area contributed by atoms with E-state index in [9.17, 15) is 19.7 Å². The summed E-state index contributed by atoms with van der Waals surface area (Å²) in [7, 11) is 1.27. The monoisotopic (exact) mass is 344 g/mol. The Bertz CT molecular complexity index is 621. The first-order chi connectivity index (χ1) is 9.40. The van der Waals surface area contributed by atoms with Crippen LogP contribution in [0.4, 0.5) is 5.69 Å². The van der Waals surface area contributed by atoms with Gasteiger partial charge < -0.3 is 9.30 Å². The molecule has 0 aliphatic rings. The molecule has 0 aliphatic carbocycles. The third-order valence-corrected chi connectivity index (χ3v) is 3.17. The number of aromatic nitrogens is 1. The van der Waals surface area contributed by atoms with E-state index in [2.05, 4.69) is 20.7 Å². The Morgan fingerprint density at radius 1 is 1.60 bits per heavy atom. The first-order valence-corrected chi connectivity index (χ1v) is 6.51. The molecule has 108 valence electrons. The van der Waals surface area contributed by atoms with E-state index in [0.717, 1.165) is 16.8 Å². The molecule has 0 N–H and O–H groups in total. The highest BCUT2D eigenvalue weighted by molar-refractivity contribution is 9.10. The van der Waals surface area contributed by atoms with E-state index in [-0.39, 0.29) is 16.7 Å². The number of methoxy groups -OCH3 is 1. The van der Waals surface area contributed by atoms with Gasteiger partial charge in [0.05, 0.1) is 22.7 Å². The largest absolute Gasteiger partial charge is 0.466 e. The van der Waals surface area contributed by atoms with Crippen molar-refractivity contribution in [3.05, 3.63) is 48.9 Å². The van der Waals surface area contributed by atoms with Crippen LogP contribution in [0, 0.1) is 10.1 Å². The molecule has 0 spiro atoms. The van der Waals surface area contributed by atoms with E-state index in [1.165, 1.54) is 13.2 Å². The van der Waals surface area contributed by atoms with Crippen molar-refractivity contribution < 1.29 is 14.5 Å². The van der Waals surface area contributed by atoms with Crippen LogP contribution in [0.25, 0.3) is 0 Å². The summed E-state index contributed by atoms with van der Waals surface area (Å²) in [6.45, 7) is 1.83. The predicted octanol–water partition coefficient (Wildman–Crippen LogP) is 2.03. The normalized spacial score (nSPS) is 11.2. The Kier molecular flexibility index (Phi) is 5.63. The zero-order chi connectivity index (χ0) is 15.3. The number of nitrogens with zero attached hydrogens (tertiary/aromatic N) is 2. The van der Waals surface area contributed by atoms with E-state index in [1.54, 1.807) is 6.92 Å². The third kappa shape index (κ3) is 3.77. The van der Waals surface area contributed by atoms with Gasteiger partial charge in [-0.15, -0.1) is 0 Å². The van der Waals surface area contributed by atoms with E-state index >= 15 is 0 Å². The molecule has 8 heteroatoms. The van der Waals surface area contributed by atoms with Crippen molar-refractivity contribution in [2.45, 2.75) is 19.9 Å². The standard InChI is InChI=1S/C12H13BrN2O5/c1-3-8(12(17)20-2)4-5-14-7-9(15(18)19)6-10(13)11(14)16/h4,6-7H,3,5H2,1-2H3/b8-4-. The van der Waals surface area contributed by atoms with Crippen molar-refractivity contribution in [1.82, 2.24) is 4.57 Å². The Balaban J connectivity index is 3.15. The highest BCUT2D eigenvalue weighted by atomic mass is 79.9. The number of carbonyl (C=O) groups is 1. The van der Waals surface area contributed by atoms with Crippen molar-refractivity contribution >= 4 is 27.6 Å². The summed E-state index contributed by atoms with van der Waals surface area (Å²) in [5.74, 6) is -0.481. The summed E-state index contributed by atoms with van der Waals surface area (Å²) in [4.78, 5) is 33.4. The molecular formula is C12H13BrN2O5. The number of rotatable bonds is 5. The minimum atomic E-state index is -0.592. The second-order valence-electron chi connectivity index (χ2n) is 3.84. The maximum Gasteiger partial charge on any atom is 0.333 e. The molecule has 0 unspecified atom stereocenters. The topological polar surface area (TPSA) is 91.4 Å². The van der Waals surface area contributed by atoms with Gasteiger partial charge in [0.15, 0.2) is 0 Å². The summed E-state index contributed by atoms with van der Waals surface area (Å²) in [5.41, 5.74) is -0.213. The van der Waals surface area contributed by atoms with Gasteiger partial charge in [0.1, 0.15) is 0 Å². The fourth-order valence-corrected chi connectivity index (χ4v) is 1.99. The SMILES string of the molecule is CC/C(=C/Cn1cc([N+](=O)[O-])cc(Br)c1=O)C(=O)OC. The quantitative estimate of drug-likeness (QED) is 0.352. The zero-order valence-corrected chi connectivity index (χ0v) is 12.5. The number of allylic oxidation sites excluding steroid dienone is 1. The molecule has 20 heavy (non-hydrogen) atoms. The first kappa shape index (κ1) is 16.1. The molecule has 1 aromatic heterocycles. The zero-order valence-electron chi connectivity index (χ0n) is 11.0. The molecule has 0 radical (unpaired) electrons. The van der Waals surface area contributed by atoms with Gasteiger partial charge in [0, 0.05) is 18.2 Å². The van der Waals surface area contributed by atoms with Crippen LogP contribution in [0.3, 0.4) is 0 Å². The highest BCUT2D eigenvalue weighted by Gasteiger charge is 2.12. The summed E-state index contributed by atoms with van der Waals surface area (Å²) >= 11 is 2.98. The van der Waals surface area contributed by atoms with Crippen molar-refractivity contribution in [1.29, 1.82) is 0 Å². The molecule has 0 saturated carbocycles. The highest BCUT2D eigenvalue weighted by Crippen LogP contribution is 2.14. The number of carbonyl (C=O) groups excluding carboxylic acids is 1. The molecule has 1 aromatic rings. The summed E-state index contributed by atoms with van der Waals surface area (Å²) in [6.07, 6.45) is 3.09. The van der Waals surface area contributed by atoms with Crippen molar-refractivity contribution in [2.75, 3.05) is 7.11 Å². The number of hydrogen-bond donors (Lipinski definition) is 0. The van der Waals surface area contributed by atoms with Gasteiger partial charge in [0.25, 0.3) is 11.2 Å². The average molecular weight is 345 g/mol. The molecule has 0 aromatic carbocycles. The molecule has 0 bridgehead atoms. The van der Waals surface area contributed by atoms with Crippen LogP contribution in [0.2, 0.25) is 0 Å². The second-order valence-corrected chi connectivity index (χ2v) is 4.69. The minimum absolute atomic E-state index is 0.0530. The Morgan fingerprint density at radius 3 is 2.75 bits per heavy atom. The molecule has 7 nitrogen and oxygen atoms in total. The van der Waals surface area contributed by atoms with Crippen LogP contribution in [0.15, 0.2) is 33.2 Å². The van der Waals surface area contributed by atoms with Crippen molar-refractivity contribution in [3.63, 3.8) is 0 Å². The molecule has 0 atom stereocenters. The number of pyridine rings is 1. The lowest BCUT2D eigenvalue weighted by Crippen LogP contribution is -2.20. The maximum atomic E-state index is 11.8. The summed E-state index contributed by atoms with van der Waals surface area (Å²) in [5, 5.41) is 10.7. The fourth-order valence-electron chi connectivity index (χ4n) is 1.53. The predicted molar refractivity (Wildman–Crippen MR) is 75.4 cm³/mol. The molecule has 0 saturated heterocycles. The van der Waals surface area contributed by atoms with E-state index in [0.29, 0.717) is 12.0 Å². The third-order valence-electron chi connectivity index (χ3n) is 2.60. The maximum absolute atomic E-state index is 11.8. The second kappa shape index (κ2) is 6.99. The average Bonchev–Trinajstić information content (AvgIpc) is 2.42. The van der Waals surface area contributed by atoms with Gasteiger partial charge in [-0.1, -0.05) is 13.0 Å². The number of nitro groups is 1. The summed E-state index contributed by atoms with van der Waals surface area (Å²) < 4.78 is 5.84. The molecule has 0 amide bonds. The van der Waals surface area contributed by atoms with Crippen LogP contribution >= 0.6 is 15.9 Å². The van der Waals surface area contributed by atoms with Crippen LogP contribution in [0.1, 0.15) is 13.3 Å². The van der Waals surface area contributed by atoms with E-state index in [4.69, 9.17) is 0 Å². The van der Waals surface area contributed by atoms with Gasteiger partial charge in [-0.05, 0) is 22.4 Å². The molecule has 0 aliphatic heterocycles. The van der Waals surface area contributed by atoms with E-state index < -0.39 is 16.5 Å². The van der Waals surface area contributed by atoms with Gasteiger partial charge in [-0.25, -0.2) is 4.79 Å². The Labute approximate surface area is 123 Å². The van der Waals surface area contributed by atoms with Gasteiger partial charge in [-0.2, -0.15) is 0 Å². The molecule has 1 rings (SSSR count). The smallest absolute Gasteiger partial charge is 0.333 e. The number of hydrogen-bond acceptors (Lipinski definition) is 5. The molecule has 1 heterocycles. The molecule has 0 fully saturated rings. The number of esters is 1. The lowest BCUT2D eigenvalue weighted by atomic mass is 10.2. The Hall–Kier alpha value is -1.96. The first-order valence-electron chi connectivity index (χ1n) is 5.72.